The summed E-state index contributed by atoms with van der Waals surface area (Å²) in [7, 11) is 4.07. The molecule has 1 N–H and O–H groups in total. The zero-order valence-electron chi connectivity index (χ0n) is 9.01. The lowest BCUT2D eigenvalue weighted by atomic mass is 10.3. The van der Waals surface area contributed by atoms with E-state index in [0.717, 1.165) is 24.3 Å². The molecule has 0 aliphatic heterocycles. The number of hydrogen-bond donors (Lipinski definition) is 1. The molecule has 80 valence electrons. The first-order valence-electron chi connectivity index (χ1n) is 4.96. The number of aromatic hydroxyl groups is 1. The molecule has 0 saturated heterocycles. The van der Waals surface area contributed by atoms with Crippen molar-refractivity contribution >= 4 is 5.52 Å². The van der Waals surface area contributed by atoms with Crippen molar-refractivity contribution in [2.75, 3.05) is 20.6 Å². The second-order valence-electron chi connectivity index (χ2n) is 3.91. The van der Waals surface area contributed by atoms with Gasteiger partial charge in [0.1, 0.15) is 11.6 Å². The van der Waals surface area contributed by atoms with Crippen molar-refractivity contribution < 1.29 is 5.11 Å². The van der Waals surface area contributed by atoms with Gasteiger partial charge in [-0.1, -0.05) is 0 Å². The largest absolute Gasteiger partial charge is 0.506 e. The van der Waals surface area contributed by atoms with E-state index in [1.807, 2.05) is 30.8 Å². The highest BCUT2D eigenvalue weighted by Gasteiger charge is 2.04. The highest BCUT2D eigenvalue weighted by molar-refractivity contribution is 5.48. The Morgan fingerprint density at radius 2 is 2.20 bits per heavy atom. The van der Waals surface area contributed by atoms with Crippen LogP contribution in [0, 0.1) is 0 Å². The maximum Gasteiger partial charge on any atom is 0.132 e. The van der Waals surface area contributed by atoms with Gasteiger partial charge in [-0.05, 0) is 26.2 Å². The molecule has 0 saturated carbocycles. The summed E-state index contributed by atoms with van der Waals surface area (Å²) in [6.45, 7) is 0.953. The molecule has 2 aromatic rings. The van der Waals surface area contributed by atoms with E-state index >= 15 is 0 Å². The Kier molecular flexibility index (Phi) is 2.60. The van der Waals surface area contributed by atoms with Crippen LogP contribution in [0.25, 0.3) is 5.52 Å². The molecule has 0 spiro atoms. The van der Waals surface area contributed by atoms with Crippen molar-refractivity contribution in [3.63, 3.8) is 0 Å². The number of nitrogens with zero attached hydrogens (tertiary/aromatic N) is 3. The highest BCUT2D eigenvalue weighted by atomic mass is 16.3. The van der Waals surface area contributed by atoms with Crippen LogP contribution in [0.2, 0.25) is 0 Å². The van der Waals surface area contributed by atoms with Crippen molar-refractivity contribution in [2.24, 2.45) is 0 Å². The summed E-state index contributed by atoms with van der Waals surface area (Å²) in [5.41, 5.74) is 1.02. The van der Waals surface area contributed by atoms with Gasteiger partial charge >= 0.3 is 0 Å². The third kappa shape index (κ3) is 2.10. The first kappa shape index (κ1) is 9.98. The van der Waals surface area contributed by atoms with E-state index in [1.165, 1.54) is 0 Å². The molecule has 0 unspecified atom stereocenters. The molecular formula is C11H15N3O. The predicted octanol–water partition coefficient (Wildman–Crippen LogP) is 1.14. The maximum atomic E-state index is 9.39. The van der Waals surface area contributed by atoms with E-state index < -0.39 is 0 Å². The van der Waals surface area contributed by atoms with Crippen molar-refractivity contribution in [1.82, 2.24) is 14.3 Å². The molecule has 0 aromatic carbocycles. The Morgan fingerprint density at radius 3 is 2.93 bits per heavy atom. The van der Waals surface area contributed by atoms with Crippen molar-refractivity contribution in [2.45, 2.75) is 6.42 Å². The second-order valence-corrected chi connectivity index (χ2v) is 3.91. The molecule has 0 aliphatic rings. The van der Waals surface area contributed by atoms with Crippen LogP contribution in [0.15, 0.2) is 24.5 Å². The van der Waals surface area contributed by atoms with Crippen LogP contribution in [0.3, 0.4) is 0 Å². The summed E-state index contributed by atoms with van der Waals surface area (Å²) in [5.74, 6) is 1.25. The van der Waals surface area contributed by atoms with Crippen LogP contribution in [0.5, 0.6) is 5.75 Å². The van der Waals surface area contributed by atoms with Crippen molar-refractivity contribution in [3.05, 3.63) is 30.4 Å². The number of aromatic nitrogens is 2. The molecule has 2 aromatic heterocycles. The van der Waals surface area contributed by atoms with Crippen LogP contribution in [-0.2, 0) is 6.42 Å². The van der Waals surface area contributed by atoms with E-state index in [1.54, 1.807) is 12.3 Å². The molecule has 0 aliphatic carbocycles. The second kappa shape index (κ2) is 3.90. The van der Waals surface area contributed by atoms with Gasteiger partial charge in [-0.3, -0.25) is 4.40 Å². The summed E-state index contributed by atoms with van der Waals surface area (Å²) >= 11 is 0. The molecule has 15 heavy (non-hydrogen) atoms. The van der Waals surface area contributed by atoms with Gasteiger partial charge in [-0.2, -0.15) is 0 Å². The number of pyridine rings is 1. The lowest BCUT2D eigenvalue weighted by Gasteiger charge is -2.08. The molecule has 0 radical (unpaired) electrons. The fraction of sp³-hybridized carbons (Fsp3) is 0.364. The Bertz CT molecular complexity index is 462. The van der Waals surface area contributed by atoms with Gasteiger partial charge in [-0.15, -0.1) is 0 Å². The van der Waals surface area contributed by atoms with Crippen LogP contribution >= 0.6 is 0 Å². The van der Waals surface area contributed by atoms with E-state index in [4.69, 9.17) is 0 Å². The Hall–Kier alpha value is -1.55. The van der Waals surface area contributed by atoms with Gasteiger partial charge in [0.25, 0.3) is 0 Å². The quantitative estimate of drug-likeness (QED) is 0.817. The van der Waals surface area contributed by atoms with Crippen LogP contribution in [0.1, 0.15) is 5.82 Å². The molecule has 4 heteroatoms. The van der Waals surface area contributed by atoms with Gasteiger partial charge in [0, 0.05) is 13.0 Å². The van der Waals surface area contributed by atoms with Crippen LogP contribution in [0.4, 0.5) is 0 Å². The molecule has 2 heterocycles. The van der Waals surface area contributed by atoms with Gasteiger partial charge in [0.2, 0.25) is 0 Å². The lowest BCUT2D eigenvalue weighted by molar-refractivity contribution is 0.409. The monoisotopic (exact) mass is 205 g/mol. The summed E-state index contributed by atoms with van der Waals surface area (Å²) in [5, 5.41) is 9.39. The van der Waals surface area contributed by atoms with Gasteiger partial charge in [0.15, 0.2) is 0 Å². The number of rotatable bonds is 3. The fourth-order valence-electron chi connectivity index (χ4n) is 1.54. The van der Waals surface area contributed by atoms with Gasteiger partial charge in [-0.25, -0.2) is 4.98 Å². The van der Waals surface area contributed by atoms with E-state index in [2.05, 4.69) is 9.88 Å². The summed E-state index contributed by atoms with van der Waals surface area (Å²) in [6.07, 6.45) is 4.41. The molecule has 0 atom stereocenters. The van der Waals surface area contributed by atoms with Gasteiger partial charge < -0.3 is 10.0 Å². The third-order valence-electron chi connectivity index (χ3n) is 2.37. The molecule has 0 fully saturated rings. The zero-order valence-corrected chi connectivity index (χ0v) is 9.01. The zero-order chi connectivity index (χ0) is 10.8. The van der Waals surface area contributed by atoms with Crippen LogP contribution < -0.4 is 0 Å². The summed E-state index contributed by atoms with van der Waals surface area (Å²) in [6, 6.07) is 3.54. The highest BCUT2D eigenvalue weighted by Crippen LogP contribution is 2.13. The molecule has 0 amide bonds. The first-order chi connectivity index (χ1) is 7.16. The summed E-state index contributed by atoms with van der Waals surface area (Å²) < 4.78 is 1.93. The topological polar surface area (TPSA) is 40.8 Å². The average Bonchev–Trinajstić information content (AvgIpc) is 2.57. The minimum Gasteiger partial charge on any atom is -0.506 e. The Balaban J connectivity index is 2.31. The van der Waals surface area contributed by atoms with E-state index in [0.29, 0.717) is 0 Å². The van der Waals surface area contributed by atoms with Crippen molar-refractivity contribution in [3.8, 4) is 5.75 Å². The third-order valence-corrected chi connectivity index (χ3v) is 2.37. The minimum atomic E-state index is 0.270. The number of hydrogen-bond acceptors (Lipinski definition) is 3. The molecule has 4 nitrogen and oxygen atoms in total. The number of fused-ring (bicyclic) bond motifs is 1. The SMILES string of the molecule is CN(C)CCc1ncc2ccc(O)cn12. The smallest absolute Gasteiger partial charge is 0.132 e. The normalized spacial score (nSPS) is 11.4. The number of likely N-dealkylation sites (N-methyl/N-ethyl adjacent to an activating group) is 1. The van der Waals surface area contributed by atoms with Crippen molar-refractivity contribution in [1.29, 1.82) is 0 Å². The minimum absolute atomic E-state index is 0.270. The predicted molar refractivity (Wildman–Crippen MR) is 59.1 cm³/mol. The standard InChI is InChI=1S/C11H15N3O/c1-13(2)6-5-11-12-7-9-3-4-10(15)8-14(9)11/h3-4,7-8,15H,5-6H2,1-2H3. The van der Waals surface area contributed by atoms with E-state index in [-0.39, 0.29) is 5.75 Å². The molecule has 0 bridgehead atoms. The van der Waals surface area contributed by atoms with Crippen LogP contribution in [-0.4, -0.2) is 40.0 Å². The molecule has 2 rings (SSSR count). The summed E-state index contributed by atoms with van der Waals surface area (Å²) in [4.78, 5) is 6.45. The Morgan fingerprint density at radius 1 is 1.40 bits per heavy atom. The average molecular weight is 205 g/mol. The van der Waals surface area contributed by atoms with Gasteiger partial charge in [0.05, 0.1) is 17.9 Å². The molecular weight excluding hydrogens is 190 g/mol. The Labute approximate surface area is 88.8 Å². The maximum absolute atomic E-state index is 9.39. The van der Waals surface area contributed by atoms with E-state index in [9.17, 15) is 5.11 Å². The fourth-order valence-corrected chi connectivity index (χ4v) is 1.54. The lowest BCUT2D eigenvalue weighted by Crippen LogP contribution is -2.16. The first-order valence-corrected chi connectivity index (χ1v) is 4.96. The number of imidazole rings is 1.